The molecule has 0 bridgehead atoms. The van der Waals surface area contributed by atoms with Gasteiger partial charge in [0.1, 0.15) is 22.8 Å². The van der Waals surface area contributed by atoms with E-state index in [4.69, 9.17) is 4.42 Å². The number of nitrogens with zero attached hydrogens (tertiary/aromatic N) is 3. The number of carbonyl (C=O) groups is 2. The molecule has 0 saturated carbocycles. The number of hydrogen-bond donors (Lipinski definition) is 2. The first-order valence-electron chi connectivity index (χ1n) is 13.7. The molecular weight excluding hydrogens is 511 g/mol. The molecule has 0 unspecified atom stereocenters. The Morgan fingerprint density at radius 1 is 1.15 bits per heavy atom. The Morgan fingerprint density at radius 3 is 2.73 bits per heavy atom. The molecule has 1 saturated heterocycles. The molecule has 0 spiro atoms. The van der Waals surface area contributed by atoms with E-state index in [2.05, 4.69) is 22.4 Å². The molecule has 4 heterocycles. The van der Waals surface area contributed by atoms with Crippen LogP contribution in [0.25, 0.3) is 22.4 Å². The fourth-order valence-electron chi connectivity index (χ4n) is 5.71. The van der Waals surface area contributed by atoms with Gasteiger partial charge in [-0.3, -0.25) is 4.79 Å². The number of nitrogens with one attached hydrogen (secondary N) is 1. The Morgan fingerprint density at radius 2 is 1.98 bits per heavy atom. The quantitative estimate of drug-likeness (QED) is 0.352. The van der Waals surface area contributed by atoms with Crippen molar-refractivity contribution in [1.29, 1.82) is 0 Å². The highest BCUT2D eigenvalue weighted by Gasteiger charge is 2.30. The number of carbonyl (C=O) groups excluding carboxylic acids is 2. The van der Waals surface area contributed by atoms with Gasteiger partial charge in [0, 0.05) is 31.4 Å². The van der Waals surface area contributed by atoms with Crippen LogP contribution >= 0.6 is 0 Å². The van der Waals surface area contributed by atoms with Crippen LogP contribution < -0.4 is 5.32 Å². The summed E-state index contributed by atoms with van der Waals surface area (Å²) in [5, 5.41) is 12.3. The fraction of sp³-hybridized carbons (Fsp3) is 0.323. The maximum absolute atomic E-state index is 15.2. The summed E-state index contributed by atoms with van der Waals surface area (Å²) >= 11 is 0. The van der Waals surface area contributed by atoms with Crippen molar-refractivity contribution in [2.24, 2.45) is 0 Å². The number of likely N-dealkylation sites (tertiary alicyclic amines) is 1. The highest BCUT2D eigenvalue weighted by atomic mass is 19.1. The van der Waals surface area contributed by atoms with Crippen LogP contribution in [-0.2, 0) is 12.8 Å². The van der Waals surface area contributed by atoms with Gasteiger partial charge in [-0.25, -0.2) is 14.2 Å². The van der Waals surface area contributed by atoms with Crippen molar-refractivity contribution >= 4 is 28.7 Å². The molecule has 0 aliphatic carbocycles. The number of aryl methyl sites for hydroxylation is 1. The molecule has 9 heteroatoms. The zero-order chi connectivity index (χ0) is 28.0. The predicted octanol–water partition coefficient (Wildman–Crippen LogP) is 5.55. The molecule has 8 nitrogen and oxygen atoms in total. The number of halogens is 1. The van der Waals surface area contributed by atoms with Gasteiger partial charge in [-0.1, -0.05) is 31.2 Å². The van der Waals surface area contributed by atoms with Crippen LogP contribution in [0.15, 0.2) is 59.0 Å². The van der Waals surface area contributed by atoms with Gasteiger partial charge in [0.2, 0.25) is 0 Å². The van der Waals surface area contributed by atoms with Crippen LogP contribution in [0, 0.1) is 5.82 Å². The van der Waals surface area contributed by atoms with Crippen molar-refractivity contribution in [2.45, 2.75) is 45.3 Å². The molecule has 2 N–H and O–H groups in total. The van der Waals surface area contributed by atoms with Gasteiger partial charge in [-0.2, -0.15) is 0 Å². The Balaban J connectivity index is 1.26. The lowest BCUT2D eigenvalue weighted by molar-refractivity contribution is 0.0672. The first kappa shape index (κ1) is 26.0. The molecule has 2 aliphatic rings. The zero-order valence-electron chi connectivity index (χ0n) is 22.5. The maximum atomic E-state index is 15.2. The first-order valence-corrected chi connectivity index (χ1v) is 13.7. The average Bonchev–Trinajstić information content (AvgIpc) is 3.59. The summed E-state index contributed by atoms with van der Waals surface area (Å²) in [7, 11) is 0. The molecule has 4 aromatic rings. The number of rotatable bonds is 4. The second-order valence-electron chi connectivity index (χ2n) is 10.5. The van der Waals surface area contributed by atoms with Crippen LogP contribution in [-0.4, -0.2) is 57.6 Å². The monoisotopic (exact) mass is 542 g/mol. The summed E-state index contributed by atoms with van der Waals surface area (Å²) in [4.78, 5) is 34.0. The molecule has 2 aliphatic heterocycles. The molecular formula is C31H31FN4O4. The standard InChI is InChI=1S/C31H31FN4O4/c1-3-19-14-27(30(38)36-13-10-20-6-4-5-7-23(20)18(36)2)34-26-16-28(40-29(19)26)24-9-8-21(15-25(24)32)33-31(39)35-12-11-22(37)17-35/h4-9,14-16,18,22,37H,3,10-13,17H2,1-2H3,(H,33,39)/t18-,22-/m1/s1. The molecule has 6 rings (SSSR count). The number of β-amino-alcohol motifs (C(OH)–C–C–N with tert-alkyl or cyclic N) is 1. The lowest BCUT2D eigenvalue weighted by Gasteiger charge is -2.35. The third kappa shape index (κ3) is 4.70. The number of aromatic nitrogens is 1. The summed E-state index contributed by atoms with van der Waals surface area (Å²) < 4.78 is 21.3. The van der Waals surface area contributed by atoms with Gasteiger partial charge in [0.15, 0.2) is 5.58 Å². The first-order chi connectivity index (χ1) is 19.3. The third-order valence-electron chi connectivity index (χ3n) is 7.95. The summed E-state index contributed by atoms with van der Waals surface area (Å²) in [6.07, 6.45) is 1.40. The van der Waals surface area contributed by atoms with Crippen molar-refractivity contribution in [3.8, 4) is 11.3 Å². The van der Waals surface area contributed by atoms with Crippen LogP contribution in [0.5, 0.6) is 0 Å². The molecule has 2 aromatic heterocycles. The second kappa shape index (κ2) is 10.4. The maximum Gasteiger partial charge on any atom is 0.321 e. The number of pyridine rings is 1. The molecule has 2 atom stereocenters. The smallest absolute Gasteiger partial charge is 0.321 e. The predicted molar refractivity (Wildman–Crippen MR) is 150 cm³/mol. The number of hydrogen-bond acceptors (Lipinski definition) is 5. The Kier molecular flexibility index (Phi) is 6.75. The van der Waals surface area contributed by atoms with Crippen molar-refractivity contribution < 1.29 is 23.5 Å². The van der Waals surface area contributed by atoms with E-state index in [0.717, 1.165) is 17.5 Å². The van der Waals surface area contributed by atoms with Crippen molar-refractivity contribution in [3.05, 3.63) is 82.8 Å². The molecule has 1 fully saturated rings. The van der Waals surface area contributed by atoms with Crippen molar-refractivity contribution in [2.75, 3.05) is 25.0 Å². The minimum Gasteiger partial charge on any atom is -0.454 e. The number of aliphatic hydroxyl groups excluding tert-OH is 1. The van der Waals surface area contributed by atoms with E-state index in [1.165, 1.54) is 16.5 Å². The summed E-state index contributed by atoms with van der Waals surface area (Å²) in [6, 6.07) is 15.6. The average molecular weight is 543 g/mol. The van der Waals surface area contributed by atoms with Crippen LogP contribution in [0.3, 0.4) is 0 Å². The van der Waals surface area contributed by atoms with E-state index in [1.54, 1.807) is 24.3 Å². The molecule has 40 heavy (non-hydrogen) atoms. The van der Waals surface area contributed by atoms with E-state index in [1.807, 2.05) is 30.9 Å². The van der Waals surface area contributed by atoms with E-state index in [-0.39, 0.29) is 30.1 Å². The number of anilines is 1. The summed E-state index contributed by atoms with van der Waals surface area (Å²) in [6.45, 7) is 5.33. The van der Waals surface area contributed by atoms with Gasteiger partial charge in [-0.15, -0.1) is 0 Å². The lowest BCUT2D eigenvalue weighted by atomic mass is 9.93. The van der Waals surface area contributed by atoms with E-state index >= 15 is 4.39 Å². The normalized spacial score (nSPS) is 18.7. The lowest BCUT2D eigenvalue weighted by Crippen LogP contribution is -2.39. The summed E-state index contributed by atoms with van der Waals surface area (Å²) in [5.74, 6) is -0.410. The highest BCUT2D eigenvalue weighted by Crippen LogP contribution is 2.34. The SMILES string of the molecule is CCc1cc(C(=O)N2CCc3ccccc3[C@H]2C)nc2cc(-c3ccc(NC(=O)N4CC[C@@H](O)C4)cc3F)oc12. The van der Waals surface area contributed by atoms with Gasteiger partial charge >= 0.3 is 6.03 Å². The summed E-state index contributed by atoms with van der Waals surface area (Å²) in [5.41, 5.74) is 5.12. The van der Waals surface area contributed by atoms with Gasteiger partial charge < -0.3 is 24.6 Å². The van der Waals surface area contributed by atoms with Gasteiger partial charge in [0.25, 0.3) is 5.91 Å². The van der Waals surface area contributed by atoms with Gasteiger partial charge in [0.05, 0.1) is 17.7 Å². The zero-order valence-corrected chi connectivity index (χ0v) is 22.5. The van der Waals surface area contributed by atoms with Crippen LogP contribution in [0.1, 0.15) is 53.5 Å². The van der Waals surface area contributed by atoms with E-state index in [0.29, 0.717) is 54.2 Å². The molecule has 206 valence electrons. The fourth-order valence-corrected chi connectivity index (χ4v) is 5.71. The number of aliphatic hydroxyl groups is 1. The Hall–Kier alpha value is -4.24. The number of fused-ring (bicyclic) bond motifs is 2. The van der Waals surface area contributed by atoms with Crippen LogP contribution in [0.2, 0.25) is 0 Å². The highest BCUT2D eigenvalue weighted by molar-refractivity contribution is 5.96. The van der Waals surface area contributed by atoms with Crippen LogP contribution in [0.4, 0.5) is 14.9 Å². The number of urea groups is 1. The number of amides is 3. The Labute approximate surface area is 231 Å². The minimum atomic E-state index is -0.562. The number of furan rings is 1. The van der Waals surface area contributed by atoms with E-state index in [9.17, 15) is 14.7 Å². The largest absolute Gasteiger partial charge is 0.454 e. The number of benzene rings is 2. The topological polar surface area (TPSA) is 98.9 Å². The van der Waals surface area contributed by atoms with Crippen molar-refractivity contribution in [3.63, 3.8) is 0 Å². The Bertz CT molecular complexity index is 1620. The van der Waals surface area contributed by atoms with Crippen molar-refractivity contribution in [1.82, 2.24) is 14.8 Å². The molecule has 0 radical (unpaired) electrons. The molecule has 2 aromatic carbocycles. The minimum absolute atomic E-state index is 0.0661. The second-order valence-corrected chi connectivity index (χ2v) is 10.5. The van der Waals surface area contributed by atoms with Gasteiger partial charge in [-0.05, 0) is 67.1 Å². The molecule has 3 amide bonds. The third-order valence-corrected chi connectivity index (χ3v) is 7.95. The van der Waals surface area contributed by atoms with E-state index < -0.39 is 11.9 Å².